The van der Waals surface area contributed by atoms with Crippen molar-refractivity contribution in [2.75, 3.05) is 11.5 Å². The SMILES string of the molecule is Cc1ccc(C(=O)Oc2ccc(C(=O)COC(=O)c3cccc(N4C(=O)[C@H]5C[C@@H](c6ccccc6)CC[C@H]5C4=O)c3)cc2)cc1. The van der Waals surface area contributed by atoms with Crippen LogP contribution >= 0.6 is 0 Å². The van der Waals surface area contributed by atoms with Gasteiger partial charge in [0.2, 0.25) is 11.8 Å². The molecule has 0 unspecified atom stereocenters. The van der Waals surface area contributed by atoms with Gasteiger partial charge in [0.15, 0.2) is 12.4 Å². The maximum Gasteiger partial charge on any atom is 0.343 e. The number of benzene rings is 4. The van der Waals surface area contributed by atoms with Gasteiger partial charge in [0.25, 0.3) is 0 Å². The molecule has 4 aromatic carbocycles. The minimum absolute atomic E-state index is 0.122. The zero-order valence-corrected chi connectivity index (χ0v) is 24.7. The van der Waals surface area contributed by atoms with Crippen molar-refractivity contribution in [3.63, 3.8) is 0 Å². The van der Waals surface area contributed by atoms with E-state index in [1.807, 2.05) is 37.3 Å². The molecule has 3 atom stereocenters. The highest BCUT2D eigenvalue weighted by Crippen LogP contribution is 2.45. The van der Waals surface area contributed by atoms with Crippen LogP contribution in [-0.2, 0) is 14.3 Å². The highest BCUT2D eigenvalue weighted by molar-refractivity contribution is 6.22. The molecule has 6 rings (SSSR count). The molecule has 0 N–H and O–H groups in total. The van der Waals surface area contributed by atoms with Crippen LogP contribution in [-0.4, -0.2) is 36.1 Å². The van der Waals surface area contributed by atoms with Crippen LogP contribution in [0.3, 0.4) is 0 Å². The normalized spacial score (nSPS) is 19.1. The Morgan fingerprint density at radius 2 is 1.40 bits per heavy atom. The van der Waals surface area contributed by atoms with Crippen LogP contribution in [0.2, 0.25) is 0 Å². The maximum absolute atomic E-state index is 13.5. The zero-order chi connectivity index (χ0) is 31.5. The Kier molecular flexibility index (Phi) is 8.38. The largest absolute Gasteiger partial charge is 0.454 e. The second-order valence-electron chi connectivity index (χ2n) is 11.5. The molecule has 1 aliphatic carbocycles. The number of esters is 2. The first kappa shape index (κ1) is 29.7. The number of imide groups is 1. The number of carbonyl (C=O) groups excluding carboxylic acids is 5. The van der Waals surface area contributed by atoms with Gasteiger partial charge < -0.3 is 9.47 Å². The first-order valence-electron chi connectivity index (χ1n) is 14.9. The summed E-state index contributed by atoms with van der Waals surface area (Å²) in [6.07, 6.45) is 2.07. The number of aryl methyl sites for hydroxylation is 1. The van der Waals surface area contributed by atoms with Crippen LogP contribution in [0.1, 0.15) is 67.4 Å². The Hall–Kier alpha value is -5.37. The van der Waals surface area contributed by atoms with Crippen molar-refractivity contribution in [3.05, 3.63) is 131 Å². The summed E-state index contributed by atoms with van der Waals surface area (Å²) in [5, 5.41) is 0. The molecule has 1 saturated carbocycles. The Morgan fingerprint density at radius 3 is 2.13 bits per heavy atom. The van der Waals surface area contributed by atoms with E-state index in [9.17, 15) is 24.0 Å². The van der Waals surface area contributed by atoms with Gasteiger partial charge in [0.1, 0.15) is 5.75 Å². The molecule has 0 aromatic heterocycles. The molecular formula is C37H31NO7. The van der Waals surface area contributed by atoms with Crippen LogP contribution in [0.4, 0.5) is 5.69 Å². The fourth-order valence-corrected chi connectivity index (χ4v) is 6.10. The van der Waals surface area contributed by atoms with Crippen molar-refractivity contribution in [2.45, 2.75) is 32.1 Å². The molecule has 8 heteroatoms. The maximum atomic E-state index is 13.5. The zero-order valence-electron chi connectivity index (χ0n) is 24.7. The number of amides is 2. The summed E-state index contributed by atoms with van der Waals surface area (Å²) in [5.41, 5.74) is 3.31. The highest BCUT2D eigenvalue weighted by atomic mass is 16.5. The van der Waals surface area contributed by atoms with Crippen LogP contribution in [0.25, 0.3) is 0 Å². The lowest BCUT2D eigenvalue weighted by Crippen LogP contribution is -2.31. The van der Waals surface area contributed by atoms with Gasteiger partial charge in [-0.1, -0.05) is 54.1 Å². The molecule has 1 heterocycles. The third-order valence-corrected chi connectivity index (χ3v) is 8.54. The topological polar surface area (TPSA) is 107 Å². The molecule has 0 bridgehead atoms. The summed E-state index contributed by atoms with van der Waals surface area (Å²) >= 11 is 0. The van der Waals surface area contributed by atoms with Crippen molar-refractivity contribution in [3.8, 4) is 5.75 Å². The summed E-state index contributed by atoms with van der Waals surface area (Å²) in [5.74, 6) is -2.50. The molecule has 0 spiro atoms. The minimum atomic E-state index is -0.755. The van der Waals surface area contributed by atoms with Crippen molar-refractivity contribution in [2.24, 2.45) is 11.8 Å². The fourth-order valence-electron chi connectivity index (χ4n) is 6.10. The average molecular weight is 602 g/mol. The Labute approximate surface area is 260 Å². The number of Topliss-reactive ketones (excluding diaryl/α,β-unsaturated/α-hetero) is 1. The fraction of sp³-hybridized carbons (Fsp3) is 0.216. The lowest BCUT2D eigenvalue weighted by Gasteiger charge is -2.28. The van der Waals surface area contributed by atoms with Crippen molar-refractivity contribution >= 4 is 35.2 Å². The molecule has 2 fully saturated rings. The summed E-state index contributed by atoms with van der Waals surface area (Å²) in [6.45, 7) is 1.40. The third-order valence-electron chi connectivity index (χ3n) is 8.54. The average Bonchev–Trinajstić information content (AvgIpc) is 3.32. The first-order valence-corrected chi connectivity index (χ1v) is 14.9. The molecule has 0 radical (unpaired) electrons. The molecule has 1 saturated heterocycles. The minimum Gasteiger partial charge on any atom is -0.454 e. The monoisotopic (exact) mass is 601 g/mol. The molecule has 2 aliphatic rings. The number of hydrogen-bond donors (Lipinski definition) is 0. The van der Waals surface area contributed by atoms with E-state index < -0.39 is 30.2 Å². The summed E-state index contributed by atoms with van der Waals surface area (Å²) in [7, 11) is 0. The van der Waals surface area contributed by atoms with Crippen LogP contribution in [0.15, 0.2) is 103 Å². The molecule has 4 aromatic rings. The number of hydrogen-bond acceptors (Lipinski definition) is 7. The first-order chi connectivity index (χ1) is 21.8. The third kappa shape index (κ3) is 6.31. The van der Waals surface area contributed by atoms with Crippen LogP contribution in [0.5, 0.6) is 5.75 Å². The molecule has 2 amide bonds. The number of anilines is 1. The summed E-state index contributed by atoms with van der Waals surface area (Å²) < 4.78 is 10.6. The number of rotatable bonds is 8. The van der Waals surface area contributed by atoms with Gasteiger partial charge in [-0.25, -0.2) is 9.59 Å². The van der Waals surface area contributed by atoms with Gasteiger partial charge in [0, 0.05) is 5.56 Å². The summed E-state index contributed by atoms with van der Waals surface area (Å²) in [6, 6.07) is 29.1. The second kappa shape index (κ2) is 12.7. The van der Waals surface area contributed by atoms with Crippen molar-refractivity contribution in [1.29, 1.82) is 0 Å². The van der Waals surface area contributed by atoms with E-state index in [0.717, 1.165) is 12.0 Å². The number of nitrogens with zero attached hydrogens (tertiary/aromatic N) is 1. The summed E-state index contributed by atoms with van der Waals surface area (Å²) in [4.78, 5) is 65.9. The van der Waals surface area contributed by atoms with Crippen molar-refractivity contribution in [1.82, 2.24) is 0 Å². The van der Waals surface area contributed by atoms with Crippen molar-refractivity contribution < 1.29 is 33.4 Å². The van der Waals surface area contributed by atoms with Gasteiger partial charge in [-0.2, -0.15) is 0 Å². The smallest absolute Gasteiger partial charge is 0.343 e. The standard InChI is InChI=1S/C37H31NO7/c1-23-10-12-26(13-11-23)37(43)45-30-17-14-25(15-18-30)33(39)22-44-36(42)28-8-5-9-29(20-28)38-34(40)31-19-16-27(21-32(31)35(38)41)24-6-3-2-4-7-24/h2-15,17-18,20,27,31-32H,16,19,21-22H2,1H3/t27-,31+,32-/m0/s1. The number of fused-ring (bicyclic) bond motifs is 1. The molecule has 45 heavy (non-hydrogen) atoms. The van der Waals surface area contributed by atoms with E-state index in [2.05, 4.69) is 12.1 Å². The lowest BCUT2D eigenvalue weighted by atomic mass is 9.73. The van der Waals surface area contributed by atoms with E-state index in [-0.39, 0.29) is 40.5 Å². The number of ketones is 1. The Balaban J connectivity index is 1.06. The number of ether oxygens (including phenoxy) is 2. The van der Waals surface area contributed by atoms with E-state index in [1.165, 1.54) is 46.9 Å². The molecular weight excluding hydrogens is 570 g/mol. The quantitative estimate of drug-likeness (QED) is 0.101. The lowest BCUT2D eigenvalue weighted by molar-refractivity contribution is -0.122. The Bertz CT molecular complexity index is 1760. The van der Waals surface area contributed by atoms with Gasteiger partial charge in [-0.15, -0.1) is 0 Å². The van der Waals surface area contributed by atoms with E-state index in [0.29, 0.717) is 24.1 Å². The van der Waals surface area contributed by atoms with E-state index in [1.54, 1.807) is 24.3 Å². The predicted octanol–water partition coefficient (Wildman–Crippen LogP) is 6.33. The Morgan fingerprint density at radius 1 is 0.711 bits per heavy atom. The second-order valence-corrected chi connectivity index (χ2v) is 11.5. The van der Waals surface area contributed by atoms with Crippen LogP contribution in [0, 0.1) is 18.8 Å². The highest BCUT2D eigenvalue weighted by Gasteiger charge is 2.50. The van der Waals surface area contributed by atoms with Gasteiger partial charge in [0.05, 0.1) is 28.7 Å². The van der Waals surface area contributed by atoms with E-state index in [4.69, 9.17) is 9.47 Å². The predicted molar refractivity (Wildman–Crippen MR) is 166 cm³/mol. The molecule has 226 valence electrons. The molecule has 8 nitrogen and oxygen atoms in total. The van der Waals surface area contributed by atoms with E-state index >= 15 is 0 Å². The van der Waals surface area contributed by atoms with Crippen LogP contribution < -0.4 is 9.64 Å². The number of carbonyl (C=O) groups is 5. The van der Waals surface area contributed by atoms with Gasteiger partial charge in [-0.3, -0.25) is 19.3 Å². The van der Waals surface area contributed by atoms with Gasteiger partial charge in [-0.05, 0) is 92.3 Å². The molecule has 1 aliphatic heterocycles. The van der Waals surface area contributed by atoms with Gasteiger partial charge >= 0.3 is 11.9 Å².